The number of likely N-dealkylation sites (tertiary alicyclic amines) is 1. The van der Waals surface area contributed by atoms with Crippen LogP contribution >= 0.6 is 0 Å². The molecule has 1 aliphatic rings. The van der Waals surface area contributed by atoms with Crippen molar-refractivity contribution in [1.29, 1.82) is 0 Å². The topological polar surface area (TPSA) is 714 Å². The van der Waals surface area contributed by atoms with Crippen molar-refractivity contribution in [3.8, 4) is 0 Å². The normalized spacial score (nSPS) is 15.6. The second-order valence-corrected chi connectivity index (χ2v) is 40.1. The van der Waals surface area contributed by atoms with Gasteiger partial charge < -0.3 is 128 Å². The first-order chi connectivity index (χ1) is 60.5. The van der Waals surface area contributed by atoms with Crippen molar-refractivity contribution < 1.29 is 116 Å². The summed E-state index contributed by atoms with van der Waals surface area (Å²) in [5, 5.41) is 66.1. The molecule has 0 unspecified atom stereocenters. The quantitative estimate of drug-likeness (QED) is 0.0271. The van der Waals surface area contributed by atoms with Gasteiger partial charge in [-0.1, -0.05) is 61.8 Å². The van der Waals surface area contributed by atoms with Gasteiger partial charge in [0.1, 0.15) is 104 Å². The molecule has 0 radical (unpaired) electrons. The average molecular weight is 1890 g/mol. The fourth-order valence-electron chi connectivity index (χ4n) is 13.3. The van der Waals surface area contributed by atoms with E-state index in [2.05, 4.69) is 95.7 Å². The van der Waals surface area contributed by atoms with Crippen molar-refractivity contribution in [2.45, 2.75) is 375 Å². The van der Waals surface area contributed by atoms with Gasteiger partial charge in [0.2, 0.25) is 130 Å². The van der Waals surface area contributed by atoms with Crippen molar-refractivity contribution in [2.24, 2.45) is 40.9 Å². The maximum atomic E-state index is 14.6. The summed E-state index contributed by atoms with van der Waals surface area (Å²) in [5.41, 5.74) is -0.0904. The predicted molar refractivity (Wildman–Crippen MR) is 486 cm³/mol. The minimum atomic E-state index is -1.96. The number of nitrogens with two attached hydrogens (primary N) is 3. The number of nitrogens with zero attached hydrogens (tertiary/aromatic N) is 1. The highest BCUT2D eigenvalue weighted by atomic mass is 16.3. The van der Waals surface area contributed by atoms with Crippen LogP contribution in [0, 0.1) is 23.7 Å². The molecule has 22 amide bonds. The first-order valence-electron chi connectivity index (χ1n) is 44.5. The second kappa shape index (κ2) is 49.8. The van der Waals surface area contributed by atoms with Crippen LogP contribution in [-0.2, 0) is 105 Å². The Bertz CT molecular complexity index is 4270. The highest BCUT2D eigenvalue weighted by Gasteiger charge is 2.49. The summed E-state index contributed by atoms with van der Waals surface area (Å²) < 4.78 is 0. The van der Waals surface area contributed by atoms with Gasteiger partial charge in [0, 0.05) is 32.7 Å². The minimum absolute atomic E-state index is 0.00407. The molecule has 26 N–H and O–H groups in total. The maximum Gasteiger partial charge on any atom is 0.248 e. The van der Waals surface area contributed by atoms with Gasteiger partial charge >= 0.3 is 0 Å². The van der Waals surface area contributed by atoms with Crippen LogP contribution in [0.25, 0.3) is 0 Å². The second-order valence-electron chi connectivity index (χ2n) is 40.1. The highest BCUT2D eigenvalue weighted by Crippen LogP contribution is 2.25. The van der Waals surface area contributed by atoms with E-state index in [9.17, 15) is 116 Å². The Morgan fingerprint density at radius 3 is 1.07 bits per heavy atom. The van der Waals surface area contributed by atoms with Crippen molar-refractivity contribution in [3.05, 3.63) is 0 Å². The first kappa shape index (κ1) is 119. The van der Waals surface area contributed by atoms with E-state index in [1.807, 2.05) is 13.8 Å². The average Bonchev–Trinajstić information content (AvgIpc) is 0.840. The van der Waals surface area contributed by atoms with E-state index in [1.54, 1.807) is 41.5 Å². The lowest BCUT2D eigenvalue weighted by atomic mass is 9.94. The van der Waals surface area contributed by atoms with E-state index < -0.39 is 285 Å². The predicted octanol–water partition coefficient (Wildman–Crippen LogP) is -4.99. The number of aliphatic hydroxyl groups excluding tert-OH is 2. The molecule has 11 atom stereocenters. The monoisotopic (exact) mass is 1890 g/mol. The SMILES string of the molecule is CC[C@H](C)[C@H](NC(=O)C(C)(C)NC(=O)C(C)(C)NC(=O)[C@H](C)NC(=O)C(C)(C)NC(C)=O)C(=O)N[C@@H](CCC(N)=O)C(=O)NC(C)(C)C(=O)NC(C)(C)C(=O)NC(C)(C)C(=O)N[C@@H](CO)C(=O)N[C@@H](CC(C)C)C(=O)NC(C)(C)C(=O)N1CCC[C@H]1C(=O)N[C@H](C(=O)NC(C)(C)C(=O)NC(C)(C)C(=O)N[C@@H](CCC(N)=O)C(=O)N[C@@H](CCC(N)=O)C(=O)N[C@H](CO)CC(C)C)C(C)C. The lowest BCUT2D eigenvalue weighted by molar-refractivity contribution is -0.146. The van der Waals surface area contributed by atoms with Crippen LogP contribution < -0.4 is 113 Å². The lowest BCUT2D eigenvalue weighted by Crippen LogP contribution is -2.68. The lowest BCUT2D eigenvalue weighted by Gasteiger charge is -2.36. The van der Waals surface area contributed by atoms with Gasteiger partial charge in [-0.15, -0.1) is 0 Å². The Morgan fingerprint density at radius 1 is 0.338 bits per heavy atom. The van der Waals surface area contributed by atoms with Crippen LogP contribution in [0.4, 0.5) is 0 Å². The van der Waals surface area contributed by atoms with Gasteiger partial charge in [0.25, 0.3) is 0 Å². The first-order valence-corrected chi connectivity index (χ1v) is 44.5. The Morgan fingerprint density at radius 2 is 0.669 bits per heavy atom. The molecule has 1 fully saturated rings. The molecule has 0 aromatic rings. The van der Waals surface area contributed by atoms with Crippen molar-refractivity contribution in [2.75, 3.05) is 19.8 Å². The molecule has 0 aromatic carbocycles. The molecule has 0 saturated carbocycles. The summed E-state index contributed by atoms with van der Waals surface area (Å²) in [5.74, 6) is -21.1. The van der Waals surface area contributed by atoms with E-state index >= 15 is 0 Å². The van der Waals surface area contributed by atoms with Crippen LogP contribution in [0.3, 0.4) is 0 Å². The van der Waals surface area contributed by atoms with Crippen LogP contribution in [0.5, 0.6) is 0 Å². The Labute approximate surface area is 778 Å². The number of hydrogen-bond donors (Lipinski definition) is 23. The largest absolute Gasteiger partial charge is 0.394 e. The van der Waals surface area contributed by atoms with Crippen molar-refractivity contribution >= 4 is 130 Å². The summed E-state index contributed by atoms with van der Waals surface area (Å²) in [6.07, 6.45) is -1.44. The van der Waals surface area contributed by atoms with E-state index in [0.717, 1.165) is 0 Å². The maximum absolute atomic E-state index is 14.6. The number of carbonyl (C=O) groups is 22. The van der Waals surface area contributed by atoms with Crippen molar-refractivity contribution in [3.63, 3.8) is 0 Å². The number of primary amides is 3. The number of amides is 22. The molecule has 0 spiro atoms. The molecule has 46 heteroatoms. The number of carbonyl (C=O) groups excluding carboxylic acids is 22. The zero-order chi connectivity index (χ0) is 103. The third kappa shape index (κ3) is 38.0. The third-order valence-corrected chi connectivity index (χ3v) is 22.0. The third-order valence-electron chi connectivity index (χ3n) is 22.0. The molecule has 0 aromatic heterocycles. The summed E-state index contributed by atoms with van der Waals surface area (Å²) >= 11 is 0. The Balaban J connectivity index is 3.32. The minimum Gasteiger partial charge on any atom is -0.394 e. The van der Waals surface area contributed by atoms with Gasteiger partial charge in [0.05, 0.1) is 19.3 Å². The van der Waals surface area contributed by atoms with Gasteiger partial charge in [-0.3, -0.25) is 105 Å². The fourth-order valence-corrected chi connectivity index (χ4v) is 13.3. The standard InChI is InChI=1S/C87H152N22O24/c1-29-46(8)60(99-73(128)82(17,18)106-74(129)83(19,20)101-61(116)47(9)91-70(125)79(11,12)100-48(10)112)68(123)94-52(34-37-58(90)115)65(120)102-84(21,22)75(130)108-86(25,26)77(132)107-81(15,16)72(127)97-54(42-111)64(119)95-53(40-44(4)5)66(121)103-87(27,28)78(133)109-38-30-31-55(109)67(122)98-59(45(6)7)69(124)104-85(23,24)76(131)105-80(13,14)71(126)96-51(33-36-57(89)114)63(118)93-50(32-35-56(88)113)62(117)92-49(41-110)39-43(2)3/h43-47,49-55,59-60,110-111H,29-42H2,1-28H3,(H2,88,113)(H2,89,114)(H2,90,115)(H,91,125)(H,92,117)(H,93,118)(H,94,123)(H,95,119)(H,96,126)(H,97,127)(H,98,122)(H,99,128)(H,100,112)(H,101,116)(H,102,120)(H,103,121)(H,104,124)(H,105,131)(H,106,129)(H,107,132)(H,108,130)/t46-,47-,49-,50-,51-,52-,53-,54-,55-,59-,60-/m0/s1. The zero-order valence-corrected chi connectivity index (χ0v) is 82.5. The van der Waals surface area contributed by atoms with Gasteiger partial charge in [-0.05, 0) is 200 Å². The van der Waals surface area contributed by atoms with Crippen LogP contribution in [0.1, 0.15) is 264 Å². The smallest absolute Gasteiger partial charge is 0.248 e. The van der Waals surface area contributed by atoms with Crippen LogP contribution in [0.15, 0.2) is 0 Å². The van der Waals surface area contributed by atoms with Gasteiger partial charge in [-0.25, -0.2) is 0 Å². The number of hydrogen-bond acceptors (Lipinski definition) is 24. The summed E-state index contributed by atoms with van der Waals surface area (Å²) in [7, 11) is 0. The molecule has 1 aliphatic heterocycles. The highest BCUT2D eigenvalue weighted by molar-refractivity contribution is 6.05. The summed E-state index contributed by atoms with van der Waals surface area (Å²) in [6.45, 7) is 38.1. The molecule has 0 aliphatic carbocycles. The molecule has 133 heavy (non-hydrogen) atoms. The molecule has 1 rings (SSSR count). The van der Waals surface area contributed by atoms with E-state index in [0.29, 0.717) is 6.42 Å². The van der Waals surface area contributed by atoms with Gasteiger partial charge in [-0.2, -0.15) is 0 Å². The molecule has 46 nitrogen and oxygen atoms in total. The summed E-state index contributed by atoms with van der Waals surface area (Å²) in [6, 6.07) is -13.8. The van der Waals surface area contributed by atoms with E-state index in [4.69, 9.17) is 17.2 Å². The molecular weight excluding hydrogens is 1740 g/mol. The fraction of sp³-hybridized carbons (Fsp3) is 0.747. The number of aliphatic hydroxyl groups is 2. The van der Waals surface area contributed by atoms with Crippen LogP contribution in [-0.4, -0.2) is 275 Å². The molecule has 1 saturated heterocycles. The summed E-state index contributed by atoms with van der Waals surface area (Å²) in [4.78, 5) is 301. The van der Waals surface area contributed by atoms with Gasteiger partial charge in [0.15, 0.2) is 0 Å². The molecule has 0 bridgehead atoms. The number of nitrogens with one attached hydrogen (secondary N) is 18. The zero-order valence-electron chi connectivity index (χ0n) is 82.5. The van der Waals surface area contributed by atoms with E-state index in [-0.39, 0.29) is 63.3 Å². The number of rotatable bonds is 54. The van der Waals surface area contributed by atoms with Crippen LogP contribution in [0.2, 0.25) is 0 Å². The molecule has 1 heterocycles. The molecule has 754 valence electrons. The molecular formula is C87H152N22O24. The Kier molecular flexibility index (Phi) is 44.7. The van der Waals surface area contributed by atoms with Crippen molar-refractivity contribution in [1.82, 2.24) is 101 Å². The Hall–Kier alpha value is -11.7. The van der Waals surface area contributed by atoms with E-state index in [1.165, 1.54) is 143 Å².